The van der Waals surface area contributed by atoms with Crippen LogP contribution in [-0.2, 0) is 13.7 Å². The molecular formula is C13H16N2O. The van der Waals surface area contributed by atoms with Gasteiger partial charge in [0.15, 0.2) is 0 Å². The lowest BCUT2D eigenvalue weighted by molar-refractivity contribution is 0.289. The zero-order valence-electron chi connectivity index (χ0n) is 9.90. The molecule has 1 aromatic heterocycles. The number of para-hydroxylation sites is 1. The Hall–Kier alpha value is -1.77. The fourth-order valence-electron chi connectivity index (χ4n) is 1.54. The lowest BCUT2D eigenvalue weighted by Crippen LogP contribution is -2.04. The van der Waals surface area contributed by atoms with Crippen molar-refractivity contribution in [1.29, 1.82) is 0 Å². The van der Waals surface area contributed by atoms with Crippen LogP contribution in [-0.4, -0.2) is 9.55 Å². The molecule has 0 saturated heterocycles. The van der Waals surface area contributed by atoms with Gasteiger partial charge in [-0.05, 0) is 25.5 Å². The Labute approximate surface area is 95.7 Å². The van der Waals surface area contributed by atoms with Gasteiger partial charge in [0, 0.05) is 18.9 Å². The maximum Gasteiger partial charge on any atom is 0.146 e. The molecule has 3 heteroatoms. The number of aryl methyl sites for hydroxylation is 2. The van der Waals surface area contributed by atoms with Crippen LogP contribution in [0.3, 0.4) is 0 Å². The predicted molar refractivity (Wildman–Crippen MR) is 63.5 cm³/mol. The standard InChI is InChI=1S/C13H16N2O/c1-10-6-4-5-7-12(10)16-9-13-14-8-11(2)15(13)3/h4-8H,9H2,1-3H3. The third-order valence-electron chi connectivity index (χ3n) is 2.77. The van der Waals surface area contributed by atoms with E-state index in [2.05, 4.69) is 4.98 Å². The molecule has 0 saturated carbocycles. The number of ether oxygens (including phenoxy) is 1. The van der Waals surface area contributed by atoms with Crippen LogP contribution < -0.4 is 4.74 Å². The van der Waals surface area contributed by atoms with Crippen molar-refractivity contribution in [3.63, 3.8) is 0 Å². The highest BCUT2D eigenvalue weighted by Crippen LogP contribution is 2.17. The van der Waals surface area contributed by atoms with Crippen molar-refractivity contribution in [1.82, 2.24) is 9.55 Å². The van der Waals surface area contributed by atoms with Crippen LogP contribution in [0, 0.1) is 13.8 Å². The minimum atomic E-state index is 0.509. The smallest absolute Gasteiger partial charge is 0.146 e. The largest absolute Gasteiger partial charge is 0.485 e. The van der Waals surface area contributed by atoms with Crippen LogP contribution in [0.25, 0.3) is 0 Å². The molecule has 0 bridgehead atoms. The van der Waals surface area contributed by atoms with Gasteiger partial charge in [0.1, 0.15) is 18.2 Å². The van der Waals surface area contributed by atoms with E-state index in [-0.39, 0.29) is 0 Å². The van der Waals surface area contributed by atoms with E-state index in [1.165, 1.54) is 0 Å². The Morgan fingerprint density at radius 2 is 2.00 bits per heavy atom. The van der Waals surface area contributed by atoms with E-state index in [0.717, 1.165) is 22.8 Å². The summed E-state index contributed by atoms with van der Waals surface area (Å²) in [6.07, 6.45) is 1.86. The minimum absolute atomic E-state index is 0.509. The first-order valence-electron chi connectivity index (χ1n) is 5.34. The molecule has 0 aliphatic rings. The van der Waals surface area contributed by atoms with Crippen LogP contribution >= 0.6 is 0 Å². The number of rotatable bonds is 3. The summed E-state index contributed by atoms with van der Waals surface area (Å²) in [5, 5.41) is 0. The monoisotopic (exact) mass is 216 g/mol. The summed E-state index contributed by atoms with van der Waals surface area (Å²) in [6, 6.07) is 8.00. The molecule has 0 amide bonds. The van der Waals surface area contributed by atoms with Gasteiger partial charge >= 0.3 is 0 Å². The highest BCUT2D eigenvalue weighted by molar-refractivity contribution is 5.31. The van der Waals surface area contributed by atoms with Crippen LogP contribution in [0.2, 0.25) is 0 Å². The summed E-state index contributed by atoms with van der Waals surface area (Å²) in [5.74, 6) is 1.86. The number of aromatic nitrogens is 2. The van der Waals surface area contributed by atoms with E-state index in [4.69, 9.17) is 4.74 Å². The minimum Gasteiger partial charge on any atom is -0.485 e. The van der Waals surface area contributed by atoms with Crippen molar-refractivity contribution in [2.75, 3.05) is 0 Å². The summed E-state index contributed by atoms with van der Waals surface area (Å²) in [4.78, 5) is 4.30. The summed E-state index contributed by atoms with van der Waals surface area (Å²) < 4.78 is 7.77. The van der Waals surface area contributed by atoms with Crippen molar-refractivity contribution in [2.24, 2.45) is 7.05 Å². The Bertz CT molecular complexity index is 488. The lowest BCUT2D eigenvalue weighted by atomic mass is 10.2. The van der Waals surface area contributed by atoms with E-state index in [0.29, 0.717) is 6.61 Å². The van der Waals surface area contributed by atoms with Gasteiger partial charge in [-0.25, -0.2) is 4.98 Å². The van der Waals surface area contributed by atoms with Crippen LogP contribution in [0.4, 0.5) is 0 Å². The third-order valence-corrected chi connectivity index (χ3v) is 2.77. The first-order valence-corrected chi connectivity index (χ1v) is 5.34. The summed E-state index contributed by atoms with van der Waals surface area (Å²) >= 11 is 0. The maximum absolute atomic E-state index is 5.73. The van der Waals surface area contributed by atoms with Crippen molar-refractivity contribution >= 4 is 0 Å². The molecule has 0 aliphatic carbocycles. The van der Waals surface area contributed by atoms with E-state index < -0.39 is 0 Å². The molecule has 0 spiro atoms. The van der Waals surface area contributed by atoms with Crippen LogP contribution in [0.5, 0.6) is 5.75 Å². The first kappa shape index (κ1) is 10.7. The second-order valence-corrected chi connectivity index (χ2v) is 3.93. The Morgan fingerprint density at radius 3 is 2.62 bits per heavy atom. The Kier molecular flexibility index (Phi) is 2.95. The molecule has 84 valence electrons. The molecule has 1 aromatic carbocycles. The molecule has 3 nitrogen and oxygen atoms in total. The molecule has 0 atom stereocenters. The van der Waals surface area contributed by atoms with Crippen molar-refractivity contribution < 1.29 is 4.74 Å². The fraction of sp³-hybridized carbons (Fsp3) is 0.308. The molecule has 0 N–H and O–H groups in total. The number of imidazole rings is 1. The predicted octanol–water partition coefficient (Wildman–Crippen LogP) is 2.62. The molecule has 2 aromatic rings. The van der Waals surface area contributed by atoms with Crippen LogP contribution in [0.1, 0.15) is 17.1 Å². The molecule has 0 unspecified atom stereocenters. The average molecular weight is 216 g/mol. The molecule has 0 aliphatic heterocycles. The summed E-state index contributed by atoms with van der Waals surface area (Å²) in [5.41, 5.74) is 2.29. The van der Waals surface area contributed by atoms with E-state index >= 15 is 0 Å². The average Bonchev–Trinajstić information content (AvgIpc) is 2.59. The molecule has 0 fully saturated rings. The van der Waals surface area contributed by atoms with Gasteiger partial charge in [0.05, 0.1) is 0 Å². The molecule has 0 radical (unpaired) electrons. The van der Waals surface area contributed by atoms with E-state index in [1.807, 2.05) is 55.9 Å². The molecule has 1 heterocycles. The molecule has 16 heavy (non-hydrogen) atoms. The van der Waals surface area contributed by atoms with Crippen LogP contribution in [0.15, 0.2) is 30.5 Å². The van der Waals surface area contributed by atoms with Gasteiger partial charge in [-0.15, -0.1) is 0 Å². The van der Waals surface area contributed by atoms with Crippen molar-refractivity contribution in [3.05, 3.63) is 47.5 Å². The van der Waals surface area contributed by atoms with Gasteiger partial charge in [-0.2, -0.15) is 0 Å². The quantitative estimate of drug-likeness (QED) is 0.788. The zero-order valence-corrected chi connectivity index (χ0v) is 9.90. The fourth-order valence-corrected chi connectivity index (χ4v) is 1.54. The van der Waals surface area contributed by atoms with Crippen molar-refractivity contribution in [2.45, 2.75) is 20.5 Å². The molecule has 2 rings (SSSR count). The second kappa shape index (κ2) is 4.39. The normalized spacial score (nSPS) is 10.4. The SMILES string of the molecule is Cc1ccccc1OCc1ncc(C)n1C. The number of hydrogen-bond donors (Lipinski definition) is 0. The topological polar surface area (TPSA) is 27.1 Å². The summed E-state index contributed by atoms with van der Waals surface area (Å²) in [6.45, 7) is 4.58. The van der Waals surface area contributed by atoms with E-state index in [9.17, 15) is 0 Å². The Morgan fingerprint density at radius 1 is 1.25 bits per heavy atom. The summed E-state index contributed by atoms with van der Waals surface area (Å²) in [7, 11) is 2.00. The van der Waals surface area contributed by atoms with Gasteiger partial charge in [-0.1, -0.05) is 18.2 Å². The second-order valence-electron chi connectivity index (χ2n) is 3.93. The number of hydrogen-bond acceptors (Lipinski definition) is 2. The molecular weight excluding hydrogens is 200 g/mol. The Balaban J connectivity index is 2.08. The highest BCUT2D eigenvalue weighted by atomic mass is 16.5. The van der Waals surface area contributed by atoms with Gasteiger partial charge in [0.25, 0.3) is 0 Å². The van der Waals surface area contributed by atoms with Gasteiger partial charge in [0.2, 0.25) is 0 Å². The van der Waals surface area contributed by atoms with Gasteiger partial charge < -0.3 is 9.30 Å². The highest BCUT2D eigenvalue weighted by Gasteiger charge is 2.04. The number of benzene rings is 1. The third kappa shape index (κ3) is 2.08. The zero-order chi connectivity index (χ0) is 11.5. The first-order chi connectivity index (χ1) is 7.68. The number of nitrogens with zero attached hydrogens (tertiary/aromatic N) is 2. The van der Waals surface area contributed by atoms with Crippen molar-refractivity contribution in [3.8, 4) is 5.75 Å². The maximum atomic E-state index is 5.73. The van der Waals surface area contributed by atoms with Gasteiger partial charge in [-0.3, -0.25) is 0 Å². The van der Waals surface area contributed by atoms with E-state index in [1.54, 1.807) is 0 Å². The lowest BCUT2D eigenvalue weighted by Gasteiger charge is -2.08.